The summed E-state index contributed by atoms with van der Waals surface area (Å²) in [7, 11) is 0. The molecular weight excluding hydrogens is 319 g/mol. The number of nitrogen functional groups attached to an aromatic ring is 1. The van der Waals surface area contributed by atoms with Crippen LogP contribution in [0.3, 0.4) is 0 Å². The predicted octanol–water partition coefficient (Wildman–Crippen LogP) is 5.01. The van der Waals surface area contributed by atoms with Gasteiger partial charge in [-0.1, -0.05) is 24.6 Å². The lowest BCUT2D eigenvalue weighted by atomic mass is 9.86. The van der Waals surface area contributed by atoms with Crippen molar-refractivity contribution in [3.63, 3.8) is 0 Å². The zero-order valence-electron chi connectivity index (χ0n) is 13.0. The summed E-state index contributed by atoms with van der Waals surface area (Å²) in [6.07, 6.45) is -1.52. The predicted molar refractivity (Wildman–Crippen MR) is 85.8 cm³/mol. The van der Waals surface area contributed by atoms with Crippen molar-refractivity contribution in [3.05, 3.63) is 42.5 Å². The fraction of sp³-hybridized carbons (Fsp3) is 0.333. The largest absolute Gasteiger partial charge is 0.573 e. The van der Waals surface area contributed by atoms with Crippen LogP contribution in [0.25, 0.3) is 11.1 Å². The van der Waals surface area contributed by atoms with Gasteiger partial charge in [0.05, 0.1) is 6.61 Å². The first-order valence-electron chi connectivity index (χ1n) is 7.79. The summed E-state index contributed by atoms with van der Waals surface area (Å²) in [5.74, 6) is 0.174. The lowest BCUT2D eigenvalue weighted by molar-refractivity contribution is -0.275. The van der Waals surface area contributed by atoms with E-state index in [0.717, 1.165) is 30.4 Å². The Hall–Kier alpha value is -2.37. The second kappa shape index (κ2) is 6.63. The number of nitrogens with two attached hydrogens (primary N) is 1. The molecule has 0 heterocycles. The summed E-state index contributed by atoms with van der Waals surface area (Å²) in [5, 5.41) is 0. The van der Waals surface area contributed by atoms with Crippen LogP contribution in [0.1, 0.15) is 19.3 Å². The number of ether oxygens (including phenoxy) is 2. The van der Waals surface area contributed by atoms with E-state index in [1.54, 1.807) is 30.3 Å². The first-order chi connectivity index (χ1) is 11.4. The molecule has 3 nitrogen and oxygen atoms in total. The normalized spacial score (nSPS) is 15.0. The number of halogens is 3. The van der Waals surface area contributed by atoms with Crippen molar-refractivity contribution < 1.29 is 22.6 Å². The number of anilines is 1. The molecule has 0 aromatic heterocycles. The van der Waals surface area contributed by atoms with Gasteiger partial charge in [-0.2, -0.15) is 0 Å². The van der Waals surface area contributed by atoms with Gasteiger partial charge in [-0.15, -0.1) is 13.2 Å². The van der Waals surface area contributed by atoms with Crippen LogP contribution in [0.4, 0.5) is 18.9 Å². The minimum absolute atomic E-state index is 0.0964. The van der Waals surface area contributed by atoms with E-state index in [0.29, 0.717) is 18.2 Å². The standard InChI is InChI=1S/C18H18F3NO2/c19-18(20,21)24-16-8-7-14(13-5-2-6-15(22)9-13)10-17(16)23-11-12-3-1-4-12/h2,5-10,12H,1,3-4,11,22H2. The Bertz CT molecular complexity index is 712. The quantitative estimate of drug-likeness (QED) is 0.780. The third-order valence-corrected chi connectivity index (χ3v) is 4.09. The van der Waals surface area contributed by atoms with Crippen LogP contribution in [0.5, 0.6) is 11.5 Å². The van der Waals surface area contributed by atoms with E-state index in [1.807, 2.05) is 6.07 Å². The summed E-state index contributed by atoms with van der Waals surface area (Å²) >= 11 is 0. The molecular formula is C18H18F3NO2. The molecule has 2 aromatic rings. The van der Waals surface area contributed by atoms with Crippen LogP contribution in [-0.4, -0.2) is 13.0 Å². The fourth-order valence-electron chi connectivity index (χ4n) is 2.59. The molecule has 2 N–H and O–H groups in total. The van der Waals surface area contributed by atoms with Gasteiger partial charge in [0, 0.05) is 5.69 Å². The second-order valence-electron chi connectivity index (χ2n) is 5.94. The average molecular weight is 337 g/mol. The summed E-state index contributed by atoms with van der Waals surface area (Å²) in [6.45, 7) is 0.397. The maximum atomic E-state index is 12.6. The molecule has 0 unspecified atom stereocenters. The highest BCUT2D eigenvalue weighted by molar-refractivity contribution is 5.70. The van der Waals surface area contributed by atoms with E-state index in [2.05, 4.69) is 4.74 Å². The topological polar surface area (TPSA) is 44.5 Å². The number of hydrogen-bond acceptors (Lipinski definition) is 3. The zero-order chi connectivity index (χ0) is 17.2. The summed E-state index contributed by atoms with van der Waals surface area (Å²) in [6, 6.07) is 11.5. The highest BCUT2D eigenvalue weighted by atomic mass is 19.4. The molecule has 0 saturated heterocycles. The molecule has 0 aliphatic heterocycles. The SMILES string of the molecule is Nc1cccc(-c2ccc(OC(F)(F)F)c(OCC3CCC3)c2)c1. The number of benzene rings is 2. The van der Waals surface area contributed by atoms with Gasteiger partial charge in [-0.25, -0.2) is 0 Å². The lowest BCUT2D eigenvalue weighted by Crippen LogP contribution is -2.21. The summed E-state index contributed by atoms with van der Waals surface area (Å²) in [5.41, 5.74) is 7.88. The molecule has 3 rings (SSSR count). The highest BCUT2D eigenvalue weighted by Crippen LogP contribution is 2.37. The van der Waals surface area contributed by atoms with Crippen LogP contribution in [-0.2, 0) is 0 Å². The van der Waals surface area contributed by atoms with Gasteiger partial charge in [-0.05, 0) is 54.2 Å². The second-order valence-corrected chi connectivity index (χ2v) is 5.94. The van der Waals surface area contributed by atoms with Gasteiger partial charge in [0.15, 0.2) is 11.5 Å². The molecule has 0 radical (unpaired) electrons. The molecule has 0 spiro atoms. The van der Waals surface area contributed by atoms with Crippen LogP contribution in [0, 0.1) is 5.92 Å². The molecule has 0 atom stereocenters. The maximum Gasteiger partial charge on any atom is 0.573 e. The molecule has 6 heteroatoms. The molecule has 1 fully saturated rings. The van der Waals surface area contributed by atoms with Gasteiger partial charge in [-0.3, -0.25) is 0 Å². The Morgan fingerprint density at radius 2 is 1.75 bits per heavy atom. The zero-order valence-corrected chi connectivity index (χ0v) is 13.0. The van der Waals surface area contributed by atoms with E-state index in [-0.39, 0.29) is 11.5 Å². The average Bonchev–Trinajstić information content (AvgIpc) is 2.45. The fourth-order valence-corrected chi connectivity index (χ4v) is 2.59. The van der Waals surface area contributed by atoms with Crippen molar-refractivity contribution in [1.82, 2.24) is 0 Å². The molecule has 0 bridgehead atoms. The van der Waals surface area contributed by atoms with Crippen molar-refractivity contribution >= 4 is 5.69 Å². The Morgan fingerprint density at radius 3 is 2.38 bits per heavy atom. The van der Waals surface area contributed by atoms with E-state index in [9.17, 15) is 13.2 Å². The molecule has 1 aliphatic carbocycles. The first kappa shape index (κ1) is 16.5. The third-order valence-electron chi connectivity index (χ3n) is 4.09. The highest BCUT2D eigenvalue weighted by Gasteiger charge is 2.32. The Labute approximate surface area is 138 Å². The van der Waals surface area contributed by atoms with E-state index >= 15 is 0 Å². The Kier molecular flexibility index (Phi) is 4.55. The van der Waals surface area contributed by atoms with E-state index in [4.69, 9.17) is 10.5 Å². The third kappa shape index (κ3) is 4.13. The van der Waals surface area contributed by atoms with E-state index < -0.39 is 6.36 Å². The van der Waals surface area contributed by atoms with Crippen LogP contribution >= 0.6 is 0 Å². The molecule has 1 saturated carbocycles. The first-order valence-corrected chi connectivity index (χ1v) is 7.79. The van der Waals surface area contributed by atoms with Crippen molar-refractivity contribution in [1.29, 1.82) is 0 Å². The van der Waals surface area contributed by atoms with Gasteiger partial charge < -0.3 is 15.2 Å². The Morgan fingerprint density at radius 1 is 1.00 bits per heavy atom. The van der Waals surface area contributed by atoms with E-state index in [1.165, 1.54) is 6.07 Å². The van der Waals surface area contributed by atoms with Crippen LogP contribution in [0.15, 0.2) is 42.5 Å². The molecule has 2 aromatic carbocycles. The lowest BCUT2D eigenvalue weighted by Gasteiger charge is -2.26. The van der Waals surface area contributed by atoms with Gasteiger partial charge in [0.2, 0.25) is 0 Å². The van der Waals surface area contributed by atoms with Crippen LogP contribution < -0.4 is 15.2 Å². The van der Waals surface area contributed by atoms with Crippen molar-refractivity contribution in [2.24, 2.45) is 5.92 Å². The molecule has 0 amide bonds. The van der Waals surface area contributed by atoms with Gasteiger partial charge >= 0.3 is 6.36 Å². The molecule has 1 aliphatic rings. The summed E-state index contributed by atoms with van der Waals surface area (Å²) in [4.78, 5) is 0. The minimum atomic E-state index is -4.76. The number of alkyl halides is 3. The monoisotopic (exact) mass is 337 g/mol. The molecule has 128 valence electrons. The van der Waals surface area contributed by atoms with Crippen molar-refractivity contribution in [3.8, 4) is 22.6 Å². The summed E-state index contributed by atoms with van der Waals surface area (Å²) < 4.78 is 47.4. The number of rotatable bonds is 5. The van der Waals surface area contributed by atoms with Crippen LogP contribution in [0.2, 0.25) is 0 Å². The molecule has 24 heavy (non-hydrogen) atoms. The smallest absolute Gasteiger partial charge is 0.489 e. The maximum absolute atomic E-state index is 12.6. The number of hydrogen-bond donors (Lipinski definition) is 1. The van der Waals surface area contributed by atoms with Gasteiger partial charge in [0.1, 0.15) is 0 Å². The van der Waals surface area contributed by atoms with Gasteiger partial charge in [0.25, 0.3) is 0 Å². The van der Waals surface area contributed by atoms with Crippen molar-refractivity contribution in [2.75, 3.05) is 12.3 Å². The Balaban J connectivity index is 1.88. The van der Waals surface area contributed by atoms with Crippen molar-refractivity contribution in [2.45, 2.75) is 25.6 Å². The minimum Gasteiger partial charge on any atom is -0.489 e.